The van der Waals surface area contributed by atoms with Gasteiger partial charge in [-0.3, -0.25) is 0 Å². The van der Waals surface area contributed by atoms with E-state index in [0.717, 1.165) is 11.0 Å². The van der Waals surface area contributed by atoms with E-state index in [1.165, 1.54) is 12.4 Å². The first-order valence-corrected chi connectivity index (χ1v) is 6.59. The van der Waals surface area contributed by atoms with Gasteiger partial charge in [0.2, 0.25) is 0 Å². The van der Waals surface area contributed by atoms with Crippen LogP contribution in [-0.2, 0) is 7.05 Å². The Kier molecular flexibility index (Phi) is 3.53. The fraction of sp³-hybridized carbons (Fsp3) is 0.200. The maximum absolute atomic E-state index is 14.0. The van der Waals surface area contributed by atoms with Gasteiger partial charge in [0.15, 0.2) is 11.6 Å². The molecule has 0 amide bonds. The van der Waals surface area contributed by atoms with Crippen molar-refractivity contribution in [3.63, 3.8) is 0 Å². The number of nitrogens with zero attached hydrogens (tertiary/aromatic N) is 3. The second-order valence-corrected chi connectivity index (χ2v) is 4.67. The molecule has 0 radical (unpaired) electrons. The lowest BCUT2D eigenvalue weighted by molar-refractivity contribution is 0.311. The van der Waals surface area contributed by atoms with Crippen LogP contribution >= 0.6 is 0 Å². The smallest absolute Gasteiger partial charge is 0.165 e. The van der Waals surface area contributed by atoms with Crippen molar-refractivity contribution in [1.29, 1.82) is 0 Å². The van der Waals surface area contributed by atoms with Gasteiger partial charge in [-0.05, 0) is 24.3 Å². The summed E-state index contributed by atoms with van der Waals surface area (Å²) in [5.74, 6) is -0.230. The molecule has 0 spiro atoms. The van der Waals surface area contributed by atoms with Crippen molar-refractivity contribution in [2.24, 2.45) is 12.8 Å². The van der Waals surface area contributed by atoms with E-state index >= 15 is 0 Å². The van der Waals surface area contributed by atoms with E-state index in [4.69, 9.17) is 10.5 Å². The Labute approximate surface area is 121 Å². The van der Waals surface area contributed by atoms with Crippen LogP contribution in [0.3, 0.4) is 0 Å². The summed E-state index contributed by atoms with van der Waals surface area (Å²) in [5.41, 5.74) is 7.54. The molecule has 21 heavy (non-hydrogen) atoms. The fourth-order valence-corrected chi connectivity index (χ4v) is 2.24. The topological polar surface area (TPSA) is 66.0 Å². The van der Waals surface area contributed by atoms with Crippen LogP contribution in [0.1, 0.15) is 0 Å². The van der Waals surface area contributed by atoms with Crippen LogP contribution in [0.25, 0.3) is 22.3 Å². The van der Waals surface area contributed by atoms with Crippen LogP contribution in [0.5, 0.6) is 5.75 Å². The highest BCUT2D eigenvalue weighted by atomic mass is 19.1. The van der Waals surface area contributed by atoms with E-state index in [2.05, 4.69) is 9.97 Å². The third kappa shape index (κ3) is 2.45. The van der Waals surface area contributed by atoms with Crippen LogP contribution in [0.15, 0.2) is 36.8 Å². The first kappa shape index (κ1) is 13.5. The van der Waals surface area contributed by atoms with Crippen LogP contribution < -0.4 is 10.5 Å². The van der Waals surface area contributed by atoms with Crippen LogP contribution in [0, 0.1) is 5.82 Å². The number of ether oxygens (including phenoxy) is 1. The van der Waals surface area contributed by atoms with Crippen LogP contribution in [-0.4, -0.2) is 27.7 Å². The van der Waals surface area contributed by atoms with Gasteiger partial charge in [-0.25, -0.2) is 14.4 Å². The monoisotopic (exact) mass is 286 g/mol. The van der Waals surface area contributed by atoms with E-state index in [0.29, 0.717) is 17.8 Å². The number of fused-ring (bicyclic) bond motifs is 1. The molecule has 0 bridgehead atoms. The lowest BCUT2D eigenvalue weighted by Crippen LogP contribution is -2.11. The summed E-state index contributed by atoms with van der Waals surface area (Å²) in [4.78, 5) is 8.50. The van der Waals surface area contributed by atoms with E-state index in [-0.39, 0.29) is 12.4 Å². The molecular formula is C15H15FN4O. The van der Waals surface area contributed by atoms with E-state index < -0.39 is 5.82 Å². The first-order chi connectivity index (χ1) is 10.2. The second kappa shape index (κ2) is 5.49. The Balaban J connectivity index is 2.05. The van der Waals surface area contributed by atoms with Gasteiger partial charge in [-0.2, -0.15) is 0 Å². The molecular weight excluding hydrogens is 271 g/mol. The molecule has 1 aromatic carbocycles. The Bertz CT molecular complexity index is 784. The number of aromatic nitrogens is 3. The zero-order valence-electron chi connectivity index (χ0n) is 11.6. The highest BCUT2D eigenvalue weighted by Crippen LogP contribution is 2.29. The minimum absolute atomic E-state index is 0.197. The number of hydrogen-bond acceptors (Lipinski definition) is 4. The number of aryl methyl sites for hydroxylation is 1. The Hall–Kier alpha value is -2.47. The SMILES string of the molecule is Cn1ccc2c(-c3ccc(OCCN)c(F)c3)ncnc21. The molecule has 2 heterocycles. The van der Waals surface area contributed by atoms with Crippen LogP contribution in [0.2, 0.25) is 0 Å². The number of rotatable bonds is 4. The summed E-state index contributed by atoms with van der Waals surface area (Å²) < 4.78 is 21.2. The third-order valence-electron chi connectivity index (χ3n) is 3.24. The van der Waals surface area contributed by atoms with Crippen molar-refractivity contribution in [2.45, 2.75) is 0 Å². The molecule has 0 saturated carbocycles. The average molecular weight is 286 g/mol. The maximum atomic E-state index is 14.0. The molecule has 0 aliphatic heterocycles. The zero-order chi connectivity index (χ0) is 14.8. The molecule has 0 fully saturated rings. The van der Waals surface area contributed by atoms with Gasteiger partial charge < -0.3 is 15.0 Å². The molecule has 6 heteroatoms. The summed E-state index contributed by atoms with van der Waals surface area (Å²) in [6.07, 6.45) is 3.38. The minimum Gasteiger partial charge on any atom is -0.489 e. The van der Waals surface area contributed by atoms with Gasteiger partial charge in [0, 0.05) is 30.7 Å². The van der Waals surface area contributed by atoms with Crippen molar-refractivity contribution in [2.75, 3.05) is 13.2 Å². The van der Waals surface area contributed by atoms with Crippen molar-refractivity contribution < 1.29 is 9.13 Å². The molecule has 108 valence electrons. The van der Waals surface area contributed by atoms with E-state index in [9.17, 15) is 4.39 Å². The highest BCUT2D eigenvalue weighted by molar-refractivity contribution is 5.90. The molecule has 2 N–H and O–H groups in total. The van der Waals surface area contributed by atoms with Crippen molar-refractivity contribution in [1.82, 2.24) is 14.5 Å². The fourth-order valence-electron chi connectivity index (χ4n) is 2.24. The molecule has 5 nitrogen and oxygen atoms in total. The number of nitrogens with two attached hydrogens (primary N) is 1. The van der Waals surface area contributed by atoms with Crippen LogP contribution in [0.4, 0.5) is 4.39 Å². The van der Waals surface area contributed by atoms with E-state index in [1.54, 1.807) is 12.1 Å². The molecule has 3 rings (SSSR count). The predicted octanol–water partition coefficient (Wildman–Crippen LogP) is 2.11. The molecule has 3 aromatic rings. The van der Waals surface area contributed by atoms with Crippen molar-refractivity contribution in [3.8, 4) is 17.0 Å². The largest absolute Gasteiger partial charge is 0.489 e. The number of halogens is 1. The molecule has 0 aliphatic rings. The van der Waals surface area contributed by atoms with E-state index in [1.807, 2.05) is 23.9 Å². The predicted molar refractivity (Wildman–Crippen MR) is 78.5 cm³/mol. The summed E-state index contributed by atoms with van der Waals surface area (Å²) in [6.45, 7) is 0.629. The van der Waals surface area contributed by atoms with Crippen molar-refractivity contribution in [3.05, 3.63) is 42.6 Å². The minimum atomic E-state index is -0.427. The normalized spacial score (nSPS) is 11.0. The molecule has 0 unspecified atom stereocenters. The van der Waals surface area contributed by atoms with Gasteiger partial charge in [0.05, 0.1) is 5.69 Å². The summed E-state index contributed by atoms with van der Waals surface area (Å²) in [6, 6.07) is 6.71. The van der Waals surface area contributed by atoms with Gasteiger partial charge in [-0.15, -0.1) is 0 Å². The Morgan fingerprint density at radius 2 is 2.14 bits per heavy atom. The van der Waals surface area contributed by atoms with Gasteiger partial charge >= 0.3 is 0 Å². The lowest BCUT2D eigenvalue weighted by Gasteiger charge is -2.08. The molecule has 0 aliphatic carbocycles. The quantitative estimate of drug-likeness (QED) is 0.797. The molecule has 0 saturated heterocycles. The maximum Gasteiger partial charge on any atom is 0.165 e. The summed E-state index contributed by atoms with van der Waals surface area (Å²) >= 11 is 0. The summed E-state index contributed by atoms with van der Waals surface area (Å²) in [7, 11) is 1.91. The number of hydrogen-bond donors (Lipinski definition) is 1. The van der Waals surface area contributed by atoms with Gasteiger partial charge in [0.25, 0.3) is 0 Å². The zero-order valence-corrected chi connectivity index (χ0v) is 11.6. The first-order valence-electron chi connectivity index (χ1n) is 6.59. The molecule has 0 atom stereocenters. The van der Waals surface area contributed by atoms with Crippen molar-refractivity contribution >= 4 is 11.0 Å². The van der Waals surface area contributed by atoms with Gasteiger partial charge in [-0.1, -0.05) is 0 Å². The number of benzene rings is 1. The second-order valence-electron chi connectivity index (χ2n) is 4.67. The molecule has 2 aromatic heterocycles. The standard InChI is InChI=1S/C15H15FN4O/c1-20-6-4-11-14(18-9-19-15(11)20)10-2-3-13(12(16)8-10)21-7-5-17/h2-4,6,8-9H,5,7,17H2,1H3. The lowest BCUT2D eigenvalue weighted by atomic mass is 10.1. The third-order valence-corrected chi connectivity index (χ3v) is 3.24. The average Bonchev–Trinajstić information content (AvgIpc) is 2.88. The highest BCUT2D eigenvalue weighted by Gasteiger charge is 2.11. The summed E-state index contributed by atoms with van der Waals surface area (Å²) in [5, 5.41) is 0.884. The Morgan fingerprint density at radius 1 is 1.29 bits per heavy atom. The van der Waals surface area contributed by atoms with Gasteiger partial charge in [0.1, 0.15) is 18.6 Å². The Morgan fingerprint density at radius 3 is 2.90 bits per heavy atom.